The Labute approximate surface area is 157 Å². The van der Waals surface area contributed by atoms with Crippen LogP contribution in [0.2, 0.25) is 0 Å². The number of hydrogen-bond acceptors (Lipinski definition) is 6. The third-order valence-electron chi connectivity index (χ3n) is 4.39. The van der Waals surface area contributed by atoms with Crippen molar-refractivity contribution in [1.82, 2.24) is 15.4 Å². The molecule has 1 aromatic carbocycles. The Morgan fingerprint density at radius 2 is 2.00 bits per heavy atom. The second-order valence-electron chi connectivity index (χ2n) is 6.37. The lowest BCUT2D eigenvalue weighted by Gasteiger charge is -2.33. The van der Waals surface area contributed by atoms with Crippen molar-refractivity contribution in [3.05, 3.63) is 48.2 Å². The lowest BCUT2D eigenvalue weighted by molar-refractivity contribution is -0.136. The van der Waals surface area contributed by atoms with Gasteiger partial charge in [0.05, 0.1) is 12.7 Å². The zero-order valence-corrected chi connectivity index (χ0v) is 15.1. The highest BCUT2D eigenvalue weighted by Crippen LogP contribution is 2.21. The minimum absolute atomic E-state index is 0.111. The van der Waals surface area contributed by atoms with Crippen molar-refractivity contribution >= 4 is 17.6 Å². The van der Waals surface area contributed by atoms with Crippen LogP contribution in [0.1, 0.15) is 24.5 Å². The van der Waals surface area contributed by atoms with E-state index in [1.165, 1.54) is 17.9 Å². The molecule has 0 aliphatic carbocycles. The van der Waals surface area contributed by atoms with Crippen molar-refractivity contribution < 1.29 is 18.8 Å². The van der Waals surface area contributed by atoms with Crippen molar-refractivity contribution in [3.8, 4) is 0 Å². The number of carbonyl (C=O) groups excluding carboxylic acids is 2. The normalized spacial score (nSPS) is 17.4. The van der Waals surface area contributed by atoms with E-state index < -0.39 is 11.8 Å². The third-order valence-corrected chi connectivity index (χ3v) is 4.39. The van der Waals surface area contributed by atoms with Gasteiger partial charge in [0.1, 0.15) is 6.26 Å². The molecule has 2 N–H and O–H groups in total. The van der Waals surface area contributed by atoms with Crippen LogP contribution in [0, 0.1) is 0 Å². The fraction of sp³-hybridized carbons (Fsp3) is 0.421. The second-order valence-corrected chi connectivity index (χ2v) is 6.37. The molecule has 27 heavy (non-hydrogen) atoms. The van der Waals surface area contributed by atoms with Crippen molar-refractivity contribution in [1.29, 1.82) is 0 Å². The predicted molar refractivity (Wildman–Crippen MR) is 99.0 cm³/mol. The summed E-state index contributed by atoms with van der Waals surface area (Å²) in [5.74, 6) is -1.20. The van der Waals surface area contributed by atoms with E-state index in [1.807, 2.05) is 18.2 Å². The Morgan fingerprint density at radius 1 is 1.15 bits per heavy atom. The molecule has 2 amide bonds. The molecule has 1 aliphatic rings. The molecule has 0 spiro atoms. The number of carbonyl (C=O) groups is 2. The minimum Gasteiger partial charge on any atom is -0.371 e. The summed E-state index contributed by atoms with van der Waals surface area (Å²) in [6.45, 7) is 3.90. The third kappa shape index (κ3) is 5.90. The van der Waals surface area contributed by atoms with Gasteiger partial charge in [-0.05, 0) is 24.9 Å². The maximum Gasteiger partial charge on any atom is 0.314 e. The zero-order chi connectivity index (χ0) is 18.9. The van der Waals surface area contributed by atoms with Gasteiger partial charge in [0, 0.05) is 25.7 Å². The van der Waals surface area contributed by atoms with Crippen molar-refractivity contribution in [2.24, 2.45) is 0 Å². The van der Waals surface area contributed by atoms with Crippen LogP contribution in [0.5, 0.6) is 0 Å². The topological polar surface area (TPSA) is 96.7 Å². The first-order chi connectivity index (χ1) is 13.2. The second kappa shape index (κ2) is 9.84. The van der Waals surface area contributed by atoms with E-state index in [-0.39, 0.29) is 11.9 Å². The molecule has 1 atom stereocenters. The summed E-state index contributed by atoms with van der Waals surface area (Å²) in [5, 5.41) is 8.50. The average Bonchev–Trinajstić information content (AvgIpc) is 3.21. The van der Waals surface area contributed by atoms with Crippen molar-refractivity contribution in [3.63, 3.8) is 0 Å². The molecule has 0 saturated carbocycles. The van der Waals surface area contributed by atoms with Gasteiger partial charge >= 0.3 is 11.8 Å². The van der Waals surface area contributed by atoms with Gasteiger partial charge in [0.2, 0.25) is 0 Å². The molecule has 1 saturated heterocycles. The molecule has 0 radical (unpaired) electrons. The van der Waals surface area contributed by atoms with Crippen LogP contribution in [0.25, 0.3) is 0 Å². The van der Waals surface area contributed by atoms with E-state index in [9.17, 15) is 9.59 Å². The number of anilines is 1. The molecule has 8 heteroatoms. The molecule has 1 fully saturated rings. The molecule has 1 aromatic heterocycles. The smallest absolute Gasteiger partial charge is 0.314 e. The summed E-state index contributed by atoms with van der Waals surface area (Å²) in [4.78, 5) is 25.8. The molecule has 1 aliphatic heterocycles. The highest BCUT2D eigenvalue weighted by Gasteiger charge is 2.21. The Bertz CT molecular complexity index is 721. The lowest BCUT2D eigenvalue weighted by atomic mass is 10.1. The van der Waals surface area contributed by atoms with Crippen LogP contribution in [-0.2, 0) is 14.3 Å². The number of rotatable bonds is 7. The Morgan fingerprint density at radius 3 is 2.78 bits per heavy atom. The first kappa shape index (κ1) is 19.1. The van der Waals surface area contributed by atoms with Crippen molar-refractivity contribution in [2.45, 2.75) is 18.9 Å². The van der Waals surface area contributed by atoms with Crippen LogP contribution < -0.4 is 10.6 Å². The Hall–Kier alpha value is -2.71. The predicted octanol–water partition coefficient (Wildman–Crippen LogP) is 1.58. The molecule has 0 bridgehead atoms. The van der Waals surface area contributed by atoms with Crippen LogP contribution in [0.15, 0.2) is 47.2 Å². The highest BCUT2D eigenvalue weighted by molar-refractivity contribution is 6.39. The van der Waals surface area contributed by atoms with Gasteiger partial charge in [-0.2, -0.15) is 0 Å². The van der Waals surface area contributed by atoms with Crippen LogP contribution >= 0.6 is 0 Å². The molecule has 144 valence electrons. The van der Waals surface area contributed by atoms with Gasteiger partial charge in [-0.15, -0.1) is 0 Å². The number of morpholine rings is 1. The molecule has 2 aromatic rings. The van der Waals surface area contributed by atoms with Gasteiger partial charge < -0.3 is 14.6 Å². The number of hydrogen-bond donors (Lipinski definition) is 2. The molecule has 2 heterocycles. The SMILES string of the molecule is O=C(NCCCCN1CCO[C@H](c2ccccc2)C1)C(=O)Nc1ccon1. The quantitative estimate of drug-likeness (QED) is 0.566. The van der Waals surface area contributed by atoms with E-state index >= 15 is 0 Å². The highest BCUT2D eigenvalue weighted by atomic mass is 16.5. The number of ether oxygens (including phenoxy) is 1. The van der Waals surface area contributed by atoms with Crippen LogP contribution in [0.4, 0.5) is 5.82 Å². The zero-order valence-electron chi connectivity index (χ0n) is 15.1. The molecular formula is C19H24N4O4. The first-order valence-electron chi connectivity index (χ1n) is 9.11. The van der Waals surface area contributed by atoms with E-state index in [0.29, 0.717) is 6.54 Å². The molecule has 0 unspecified atom stereocenters. The minimum atomic E-state index is -0.747. The van der Waals surface area contributed by atoms with Gasteiger partial charge in [-0.3, -0.25) is 19.8 Å². The summed E-state index contributed by atoms with van der Waals surface area (Å²) in [5.41, 5.74) is 1.20. The number of amides is 2. The number of benzene rings is 1. The standard InChI is InChI=1S/C19H24N4O4/c24-18(19(25)21-17-8-12-27-22-17)20-9-4-5-10-23-11-13-26-16(14-23)15-6-2-1-3-7-15/h1-3,6-8,12,16H,4-5,9-11,13-14H2,(H,20,24)(H,21,22,25)/t16-/m0/s1. The van der Waals surface area contributed by atoms with Gasteiger partial charge in [-0.25, -0.2) is 0 Å². The summed E-state index contributed by atoms with van der Waals surface area (Å²) in [7, 11) is 0. The lowest BCUT2D eigenvalue weighted by Crippen LogP contribution is -2.39. The fourth-order valence-corrected chi connectivity index (χ4v) is 2.97. The van der Waals surface area contributed by atoms with Gasteiger partial charge in [-0.1, -0.05) is 35.5 Å². The molecule has 3 rings (SSSR count). The van der Waals surface area contributed by atoms with E-state index in [1.54, 1.807) is 0 Å². The first-order valence-corrected chi connectivity index (χ1v) is 9.11. The largest absolute Gasteiger partial charge is 0.371 e. The summed E-state index contributed by atoms with van der Waals surface area (Å²) >= 11 is 0. The number of nitrogens with one attached hydrogen (secondary N) is 2. The van der Waals surface area contributed by atoms with Crippen molar-refractivity contribution in [2.75, 3.05) is 38.1 Å². The van der Waals surface area contributed by atoms with Gasteiger partial charge in [0.15, 0.2) is 5.82 Å². The maximum absolute atomic E-state index is 11.7. The van der Waals surface area contributed by atoms with Crippen LogP contribution in [-0.4, -0.2) is 54.7 Å². The average molecular weight is 372 g/mol. The van der Waals surface area contributed by atoms with E-state index in [0.717, 1.165) is 39.1 Å². The summed E-state index contributed by atoms with van der Waals surface area (Å²) in [6, 6.07) is 11.7. The van der Waals surface area contributed by atoms with E-state index in [2.05, 4.69) is 37.3 Å². The molecule has 8 nitrogen and oxygen atoms in total. The van der Waals surface area contributed by atoms with Gasteiger partial charge in [0.25, 0.3) is 0 Å². The molecular weight excluding hydrogens is 348 g/mol. The number of unbranched alkanes of at least 4 members (excludes halogenated alkanes) is 1. The van der Waals surface area contributed by atoms with Crippen LogP contribution in [0.3, 0.4) is 0 Å². The monoisotopic (exact) mass is 372 g/mol. The number of aromatic nitrogens is 1. The summed E-state index contributed by atoms with van der Waals surface area (Å²) in [6.07, 6.45) is 3.17. The maximum atomic E-state index is 11.7. The Kier molecular flexibility index (Phi) is 6.95. The Balaban J connectivity index is 1.30. The fourth-order valence-electron chi connectivity index (χ4n) is 2.97. The van der Waals surface area contributed by atoms with E-state index in [4.69, 9.17) is 4.74 Å². The summed E-state index contributed by atoms with van der Waals surface area (Å²) < 4.78 is 10.5. The number of nitrogens with zero attached hydrogens (tertiary/aromatic N) is 2.